The molecule has 29 heavy (non-hydrogen) atoms. The summed E-state index contributed by atoms with van der Waals surface area (Å²) in [5, 5.41) is 0. The largest absolute Gasteiger partial charge is 0.372 e. The highest BCUT2D eigenvalue weighted by Gasteiger charge is 2.14. The van der Waals surface area contributed by atoms with Gasteiger partial charge in [0, 0.05) is 36.2 Å². The fourth-order valence-electron chi connectivity index (χ4n) is 4.10. The molecule has 2 nitrogen and oxygen atoms in total. The number of rotatable bonds is 5. The van der Waals surface area contributed by atoms with Crippen molar-refractivity contribution in [2.24, 2.45) is 0 Å². The zero-order chi connectivity index (χ0) is 20.2. The van der Waals surface area contributed by atoms with Crippen molar-refractivity contribution in [2.45, 2.75) is 39.5 Å². The summed E-state index contributed by atoms with van der Waals surface area (Å²) < 4.78 is 0. The van der Waals surface area contributed by atoms with E-state index in [0.717, 1.165) is 30.8 Å². The van der Waals surface area contributed by atoms with E-state index in [0.29, 0.717) is 0 Å². The van der Waals surface area contributed by atoms with E-state index < -0.39 is 0 Å². The zero-order valence-electron chi connectivity index (χ0n) is 17.6. The standard InChI is InChI=1S/C27H30N2/c1-20(2)24-9-7-8-22(15-24)14-23-16-26(25-11-10-21(3)28-19-25)18-27(17-23)29-12-5-4-6-13-29/h7-11,15-19H,1,4-6,12-14H2,2-3H3. The molecule has 4 rings (SSSR count). The van der Waals surface area contributed by atoms with Crippen molar-refractivity contribution in [3.63, 3.8) is 0 Å². The molecule has 0 spiro atoms. The van der Waals surface area contributed by atoms with Crippen molar-refractivity contribution >= 4 is 11.3 Å². The highest BCUT2D eigenvalue weighted by atomic mass is 15.1. The third-order valence-corrected chi connectivity index (χ3v) is 5.77. The molecule has 1 fully saturated rings. The van der Waals surface area contributed by atoms with Crippen LogP contribution in [0.15, 0.2) is 67.4 Å². The van der Waals surface area contributed by atoms with Crippen LogP contribution in [0.2, 0.25) is 0 Å². The van der Waals surface area contributed by atoms with Gasteiger partial charge in [-0.25, -0.2) is 0 Å². The second kappa shape index (κ2) is 8.65. The van der Waals surface area contributed by atoms with Gasteiger partial charge in [0.1, 0.15) is 0 Å². The first-order valence-electron chi connectivity index (χ1n) is 10.7. The van der Waals surface area contributed by atoms with Crippen molar-refractivity contribution < 1.29 is 0 Å². The van der Waals surface area contributed by atoms with Crippen LogP contribution in [-0.2, 0) is 6.42 Å². The summed E-state index contributed by atoms with van der Waals surface area (Å²) >= 11 is 0. The number of nitrogens with zero attached hydrogens (tertiary/aromatic N) is 2. The first-order chi connectivity index (χ1) is 14.1. The van der Waals surface area contributed by atoms with Crippen LogP contribution in [0.25, 0.3) is 16.7 Å². The van der Waals surface area contributed by atoms with Gasteiger partial charge in [-0.05, 0) is 80.0 Å². The molecule has 0 amide bonds. The Labute approximate surface area is 174 Å². The highest BCUT2D eigenvalue weighted by molar-refractivity contribution is 5.70. The second-order valence-corrected chi connectivity index (χ2v) is 8.28. The SMILES string of the molecule is C=C(C)c1cccc(Cc2cc(-c3ccc(C)nc3)cc(N3CCCCC3)c2)c1. The van der Waals surface area contributed by atoms with Gasteiger partial charge in [0.15, 0.2) is 0 Å². The minimum absolute atomic E-state index is 0.926. The van der Waals surface area contributed by atoms with E-state index in [1.54, 1.807) is 0 Å². The lowest BCUT2D eigenvalue weighted by atomic mass is 9.96. The lowest BCUT2D eigenvalue weighted by molar-refractivity contribution is 0.578. The maximum Gasteiger partial charge on any atom is 0.0375 e. The Kier molecular flexibility index (Phi) is 5.80. The number of allylic oxidation sites excluding steroid dienone is 1. The van der Waals surface area contributed by atoms with Gasteiger partial charge >= 0.3 is 0 Å². The first kappa shape index (κ1) is 19.4. The van der Waals surface area contributed by atoms with Crippen LogP contribution in [0.1, 0.15) is 48.6 Å². The van der Waals surface area contributed by atoms with Gasteiger partial charge in [-0.1, -0.05) is 48.6 Å². The van der Waals surface area contributed by atoms with Crippen molar-refractivity contribution in [3.8, 4) is 11.1 Å². The Bertz CT molecular complexity index is 995. The maximum absolute atomic E-state index is 4.52. The molecule has 0 saturated carbocycles. The van der Waals surface area contributed by atoms with Crippen molar-refractivity contribution in [1.82, 2.24) is 4.98 Å². The van der Waals surface area contributed by atoms with Crippen LogP contribution in [0.5, 0.6) is 0 Å². The molecule has 2 heteroatoms. The fraction of sp³-hybridized carbons (Fsp3) is 0.296. The summed E-state index contributed by atoms with van der Waals surface area (Å²) in [4.78, 5) is 7.06. The number of anilines is 1. The normalized spacial score (nSPS) is 14.1. The Hall–Kier alpha value is -2.87. The van der Waals surface area contributed by atoms with Crippen molar-refractivity contribution in [1.29, 1.82) is 0 Å². The number of benzene rings is 2. The molecule has 0 aliphatic carbocycles. The van der Waals surface area contributed by atoms with E-state index in [1.165, 1.54) is 52.8 Å². The summed E-state index contributed by atoms with van der Waals surface area (Å²) in [5.41, 5.74) is 9.85. The summed E-state index contributed by atoms with van der Waals surface area (Å²) in [7, 11) is 0. The smallest absolute Gasteiger partial charge is 0.0375 e. The third kappa shape index (κ3) is 4.76. The number of aromatic nitrogens is 1. The van der Waals surface area contributed by atoms with Crippen LogP contribution in [-0.4, -0.2) is 18.1 Å². The molecule has 0 N–H and O–H groups in total. The zero-order valence-corrected chi connectivity index (χ0v) is 17.6. The molecule has 3 aromatic rings. The first-order valence-corrected chi connectivity index (χ1v) is 10.7. The van der Waals surface area contributed by atoms with E-state index in [9.17, 15) is 0 Å². The van der Waals surface area contributed by atoms with Gasteiger partial charge in [0.05, 0.1) is 0 Å². The van der Waals surface area contributed by atoms with Gasteiger partial charge in [0.25, 0.3) is 0 Å². The van der Waals surface area contributed by atoms with Crippen LogP contribution < -0.4 is 4.90 Å². The Morgan fingerprint density at radius 2 is 1.76 bits per heavy atom. The maximum atomic E-state index is 4.52. The molecular weight excluding hydrogens is 352 g/mol. The van der Waals surface area contributed by atoms with Crippen LogP contribution in [0, 0.1) is 6.92 Å². The van der Waals surface area contributed by atoms with Gasteiger partial charge in [0.2, 0.25) is 0 Å². The molecule has 1 aromatic heterocycles. The minimum atomic E-state index is 0.926. The van der Waals surface area contributed by atoms with E-state index in [1.807, 2.05) is 13.1 Å². The average Bonchev–Trinajstić information content (AvgIpc) is 2.75. The van der Waals surface area contributed by atoms with E-state index in [-0.39, 0.29) is 0 Å². The fourth-order valence-corrected chi connectivity index (χ4v) is 4.10. The average molecular weight is 383 g/mol. The van der Waals surface area contributed by atoms with Crippen molar-refractivity contribution in [2.75, 3.05) is 18.0 Å². The Morgan fingerprint density at radius 3 is 2.48 bits per heavy atom. The van der Waals surface area contributed by atoms with Gasteiger partial charge < -0.3 is 4.90 Å². The highest BCUT2D eigenvalue weighted by Crippen LogP contribution is 2.30. The molecule has 0 atom stereocenters. The summed E-state index contributed by atoms with van der Waals surface area (Å²) in [6.07, 6.45) is 6.84. The predicted octanol–water partition coefficient (Wildman–Crippen LogP) is 6.67. The number of hydrogen-bond acceptors (Lipinski definition) is 2. The lowest BCUT2D eigenvalue weighted by Gasteiger charge is -2.29. The van der Waals surface area contributed by atoms with Gasteiger partial charge in [-0.2, -0.15) is 0 Å². The predicted molar refractivity (Wildman–Crippen MR) is 124 cm³/mol. The molecular formula is C27H30N2. The van der Waals surface area contributed by atoms with E-state index in [2.05, 4.69) is 78.0 Å². The molecule has 1 aliphatic rings. The molecule has 1 saturated heterocycles. The molecule has 2 heterocycles. The molecule has 148 valence electrons. The van der Waals surface area contributed by atoms with E-state index in [4.69, 9.17) is 0 Å². The van der Waals surface area contributed by atoms with E-state index >= 15 is 0 Å². The molecule has 2 aromatic carbocycles. The minimum Gasteiger partial charge on any atom is -0.372 e. The summed E-state index contributed by atoms with van der Waals surface area (Å²) in [6, 6.07) is 20.1. The summed E-state index contributed by atoms with van der Waals surface area (Å²) in [6.45, 7) is 10.5. The second-order valence-electron chi connectivity index (χ2n) is 8.28. The molecule has 0 bridgehead atoms. The van der Waals surface area contributed by atoms with Gasteiger partial charge in [-0.15, -0.1) is 0 Å². The number of aryl methyl sites for hydroxylation is 1. The van der Waals surface area contributed by atoms with Crippen LogP contribution in [0.4, 0.5) is 5.69 Å². The number of piperidine rings is 1. The quantitative estimate of drug-likeness (QED) is 0.490. The Balaban J connectivity index is 1.71. The topological polar surface area (TPSA) is 16.1 Å². The Morgan fingerprint density at radius 1 is 0.931 bits per heavy atom. The monoisotopic (exact) mass is 382 g/mol. The number of hydrogen-bond donors (Lipinski definition) is 0. The van der Waals surface area contributed by atoms with Crippen LogP contribution in [0.3, 0.4) is 0 Å². The molecule has 0 radical (unpaired) electrons. The van der Waals surface area contributed by atoms with Gasteiger partial charge in [-0.3, -0.25) is 4.98 Å². The number of pyridine rings is 1. The summed E-state index contributed by atoms with van der Waals surface area (Å²) in [5.74, 6) is 0. The third-order valence-electron chi connectivity index (χ3n) is 5.77. The van der Waals surface area contributed by atoms with Crippen LogP contribution >= 0.6 is 0 Å². The molecule has 0 unspecified atom stereocenters. The molecule has 1 aliphatic heterocycles. The lowest BCUT2D eigenvalue weighted by Crippen LogP contribution is -2.29. The van der Waals surface area contributed by atoms with Crippen molar-refractivity contribution in [3.05, 3.63) is 89.8 Å².